The van der Waals surface area contributed by atoms with E-state index in [0.717, 1.165) is 6.42 Å². The number of aryl methyl sites for hydroxylation is 1. The summed E-state index contributed by atoms with van der Waals surface area (Å²) in [5, 5.41) is 7.78. The van der Waals surface area contributed by atoms with Crippen LogP contribution >= 0.6 is 12.4 Å². The number of hydrogen-bond acceptors (Lipinski definition) is 4. The van der Waals surface area contributed by atoms with Gasteiger partial charge in [-0.2, -0.15) is 0 Å². The summed E-state index contributed by atoms with van der Waals surface area (Å²) in [6.07, 6.45) is 1.90. The Bertz CT molecular complexity index is 590. The van der Waals surface area contributed by atoms with E-state index in [0.29, 0.717) is 24.1 Å². The number of anilines is 1. The van der Waals surface area contributed by atoms with Crippen LogP contribution < -0.4 is 16.2 Å². The Morgan fingerprint density at radius 1 is 1.33 bits per heavy atom. The standard InChI is InChI=1S/C13H21N3O3S.ClH/c1-3-5-11(14)13(17)16-10-7-6-9(4-2)12(8-10)20(15,18)19;/h6-8,11H,3-5,14H2,1-2H3,(H,16,17)(H2,15,18,19);1H. The molecule has 0 saturated heterocycles. The second-order valence-electron chi connectivity index (χ2n) is 4.61. The maximum absolute atomic E-state index is 11.8. The summed E-state index contributed by atoms with van der Waals surface area (Å²) in [5.74, 6) is -0.337. The lowest BCUT2D eigenvalue weighted by molar-refractivity contribution is -0.117. The largest absolute Gasteiger partial charge is 0.325 e. The van der Waals surface area contributed by atoms with E-state index >= 15 is 0 Å². The minimum absolute atomic E-state index is 0. The molecule has 0 bridgehead atoms. The fraction of sp³-hybridized carbons (Fsp3) is 0.462. The van der Waals surface area contributed by atoms with Crippen LogP contribution in [0.3, 0.4) is 0 Å². The summed E-state index contributed by atoms with van der Waals surface area (Å²) in [6.45, 7) is 3.77. The summed E-state index contributed by atoms with van der Waals surface area (Å²) in [6, 6.07) is 4.04. The van der Waals surface area contributed by atoms with Crippen LogP contribution in [0.2, 0.25) is 0 Å². The number of carbonyl (C=O) groups excluding carboxylic acids is 1. The van der Waals surface area contributed by atoms with E-state index in [4.69, 9.17) is 10.9 Å². The zero-order valence-corrected chi connectivity index (χ0v) is 13.8. The lowest BCUT2D eigenvalue weighted by Crippen LogP contribution is -2.35. The highest BCUT2D eigenvalue weighted by atomic mass is 35.5. The molecule has 8 heteroatoms. The van der Waals surface area contributed by atoms with Crippen molar-refractivity contribution in [1.29, 1.82) is 0 Å². The van der Waals surface area contributed by atoms with Gasteiger partial charge in [-0.05, 0) is 30.5 Å². The van der Waals surface area contributed by atoms with Gasteiger partial charge in [0, 0.05) is 5.69 Å². The van der Waals surface area contributed by atoms with Crippen molar-refractivity contribution in [3.8, 4) is 0 Å². The third-order valence-corrected chi connectivity index (χ3v) is 3.95. The topological polar surface area (TPSA) is 115 Å². The minimum Gasteiger partial charge on any atom is -0.325 e. The van der Waals surface area contributed by atoms with Crippen LogP contribution in [-0.2, 0) is 21.2 Å². The first-order valence-corrected chi connectivity index (χ1v) is 8.06. The molecule has 6 nitrogen and oxygen atoms in total. The maximum atomic E-state index is 11.8. The quantitative estimate of drug-likeness (QED) is 0.728. The molecule has 0 aromatic heterocycles. The van der Waals surface area contributed by atoms with Gasteiger partial charge in [-0.1, -0.05) is 26.3 Å². The number of nitrogens with one attached hydrogen (secondary N) is 1. The SMILES string of the molecule is CCCC(N)C(=O)Nc1ccc(CC)c(S(N)(=O)=O)c1.Cl. The predicted molar refractivity (Wildman–Crippen MR) is 86.0 cm³/mol. The molecule has 0 fully saturated rings. The van der Waals surface area contributed by atoms with E-state index in [-0.39, 0.29) is 23.2 Å². The molecule has 0 spiro atoms. The van der Waals surface area contributed by atoms with Crippen LogP contribution in [0.4, 0.5) is 5.69 Å². The molecule has 0 radical (unpaired) electrons. The van der Waals surface area contributed by atoms with Crippen molar-refractivity contribution < 1.29 is 13.2 Å². The van der Waals surface area contributed by atoms with Gasteiger partial charge in [0.15, 0.2) is 0 Å². The van der Waals surface area contributed by atoms with Crippen LogP contribution in [0.25, 0.3) is 0 Å². The number of benzene rings is 1. The second kappa shape index (κ2) is 8.33. The Labute approximate surface area is 131 Å². The number of nitrogens with two attached hydrogens (primary N) is 2. The fourth-order valence-electron chi connectivity index (χ4n) is 1.87. The Kier molecular flexibility index (Phi) is 7.87. The van der Waals surface area contributed by atoms with Crippen molar-refractivity contribution in [2.24, 2.45) is 10.9 Å². The molecule has 120 valence electrons. The van der Waals surface area contributed by atoms with E-state index in [1.807, 2.05) is 13.8 Å². The van der Waals surface area contributed by atoms with Gasteiger partial charge < -0.3 is 11.1 Å². The number of amides is 1. The van der Waals surface area contributed by atoms with Crippen LogP contribution in [0.5, 0.6) is 0 Å². The fourth-order valence-corrected chi connectivity index (χ4v) is 2.74. The summed E-state index contributed by atoms with van der Waals surface area (Å²) in [5.41, 5.74) is 6.69. The van der Waals surface area contributed by atoms with Gasteiger partial charge in [-0.25, -0.2) is 13.6 Å². The third kappa shape index (κ3) is 5.62. The maximum Gasteiger partial charge on any atom is 0.241 e. The molecule has 1 unspecified atom stereocenters. The van der Waals surface area contributed by atoms with E-state index in [1.54, 1.807) is 12.1 Å². The number of halogens is 1. The van der Waals surface area contributed by atoms with Gasteiger partial charge in [-0.15, -0.1) is 12.4 Å². The molecule has 0 aliphatic heterocycles. The van der Waals surface area contributed by atoms with Crippen molar-refractivity contribution >= 4 is 34.0 Å². The molecule has 0 saturated carbocycles. The highest BCUT2D eigenvalue weighted by molar-refractivity contribution is 7.89. The Hall–Kier alpha value is -1.15. The van der Waals surface area contributed by atoms with Gasteiger partial charge in [0.05, 0.1) is 10.9 Å². The molecule has 1 aromatic carbocycles. The lowest BCUT2D eigenvalue weighted by atomic mass is 10.1. The van der Waals surface area contributed by atoms with Crippen molar-refractivity contribution in [3.05, 3.63) is 23.8 Å². The monoisotopic (exact) mass is 335 g/mol. The molecule has 1 aromatic rings. The normalized spacial score (nSPS) is 12.4. The molecular formula is C13H22ClN3O3S. The molecule has 1 rings (SSSR count). The second-order valence-corrected chi connectivity index (χ2v) is 6.14. The zero-order chi connectivity index (χ0) is 15.3. The van der Waals surface area contributed by atoms with Gasteiger partial charge in [-0.3, -0.25) is 4.79 Å². The lowest BCUT2D eigenvalue weighted by Gasteiger charge is -2.13. The summed E-state index contributed by atoms with van der Waals surface area (Å²) in [4.78, 5) is 11.8. The first-order valence-electron chi connectivity index (χ1n) is 6.51. The molecule has 21 heavy (non-hydrogen) atoms. The summed E-state index contributed by atoms with van der Waals surface area (Å²) >= 11 is 0. The molecule has 5 N–H and O–H groups in total. The minimum atomic E-state index is -3.82. The van der Waals surface area contributed by atoms with Crippen molar-refractivity contribution in [2.45, 2.75) is 44.0 Å². The third-order valence-electron chi connectivity index (χ3n) is 2.96. The van der Waals surface area contributed by atoms with Crippen molar-refractivity contribution in [3.63, 3.8) is 0 Å². The number of sulfonamides is 1. The number of carbonyl (C=O) groups is 1. The molecular weight excluding hydrogens is 314 g/mol. The Balaban J connectivity index is 0.00000400. The van der Waals surface area contributed by atoms with Crippen LogP contribution in [0.15, 0.2) is 23.1 Å². The van der Waals surface area contributed by atoms with E-state index in [9.17, 15) is 13.2 Å². The Morgan fingerprint density at radius 3 is 2.43 bits per heavy atom. The van der Waals surface area contributed by atoms with E-state index in [1.165, 1.54) is 6.07 Å². The average molecular weight is 336 g/mol. The zero-order valence-electron chi connectivity index (χ0n) is 12.1. The molecule has 0 aliphatic rings. The van der Waals surface area contributed by atoms with E-state index in [2.05, 4.69) is 5.32 Å². The highest BCUT2D eigenvalue weighted by Crippen LogP contribution is 2.20. The van der Waals surface area contributed by atoms with Crippen LogP contribution in [-0.4, -0.2) is 20.4 Å². The van der Waals surface area contributed by atoms with Crippen molar-refractivity contribution in [1.82, 2.24) is 0 Å². The smallest absolute Gasteiger partial charge is 0.241 e. The first-order chi connectivity index (χ1) is 9.29. The highest BCUT2D eigenvalue weighted by Gasteiger charge is 2.16. The Morgan fingerprint density at radius 2 is 1.95 bits per heavy atom. The molecule has 1 atom stereocenters. The van der Waals surface area contributed by atoms with E-state index < -0.39 is 16.1 Å². The van der Waals surface area contributed by atoms with Gasteiger partial charge >= 0.3 is 0 Å². The first kappa shape index (κ1) is 19.9. The molecule has 1 amide bonds. The van der Waals surface area contributed by atoms with Crippen molar-refractivity contribution in [2.75, 3.05) is 5.32 Å². The van der Waals surface area contributed by atoms with Crippen LogP contribution in [0, 0.1) is 0 Å². The van der Waals surface area contributed by atoms with Crippen LogP contribution in [0.1, 0.15) is 32.3 Å². The molecule has 0 heterocycles. The molecule has 0 aliphatic carbocycles. The summed E-state index contributed by atoms with van der Waals surface area (Å²) in [7, 11) is -3.82. The number of primary sulfonamides is 1. The predicted octanol–water partition coefficient (Wildman–Crippen LogP) is 1.38. The summed E-state index contributed by atoms with van der Waals surface area (Å²) < 4.78 is 23.1. The van der Waals surface area contributed by atoms with Gasteiger partial charge in [0.1, 0.15) is 0 Å². The van der Waals surface area contributed by atoms with Gasteiger partial charge in [0.2, 0.25) is 15.9 Å². The number of hydrogen-bond donors (Lipinski definition) is 3. The average Bonchev–Trinajstić information content (AvgIpc) is 2.37. The number of rotatable bonds is 6. The van der Waals surface area contributed by atoms with Gasteiger partial charge in [0.25, 0.3) is 0 Å².